The number of halogens is 2. The zero-order chi connectivity index (χ0) is 15.9. The maximum atomic E-state index is 9.36. The van der Waals surface area contributed by atoms with E-state index < -0.39 is 0 Å². The highest BCUT2D eigenvalue weighted by molar-refractivity contribution is 6.35. The lowest BCUT2D eigenvalue weighted by Gasteiger charge is -2.38. The van der Waals surface area contributed by atoms with Crippen LogP contribution in [0.1, 0.15) is 13.3 Å². The van der Waals surface area contributed by atoms with E-state index in [1.54, 1.807) is 18.2 Å². The topological polar surface area (TPSA) is 35.9 Å². The van der Waals surface area contributed by atoms with Crippen LogP contribution in [0.15, 0.2) is 18.2 Å². The monoisotopic (exact) mass is 346 g/mol. The normalized spacial score (nSPS) is 18.4. The minimum absolute atomic E-state index is 0.245. The number of hydrogen-bond donors (Lipinski definition) is 1. The Kier molecular flexibility index (Phi) is 7.25. The van der Waals surface area contributed by atoms with Gasteiger partial charge in [-0.05, 0) is 24.6 Å². The summed E-state index contributed by atoms with van der Waals surface area (Å²) in [5.41, 5.74) is 0. The summed E-state index contributed by atoms with van der Waals surface area (Å²) in [6, 6.07) is 5.57. The number of aliphatic hydroxyl groups is 1. The molecule has 1 heterocycles. The highest BCUT2D eigenvalue weighted by Gasteiger charge is 2.21. The quantitative estimate of drug-likeness (QED) is 0.823. The summed E-state index contributed by atoms with van der Waals surface area (Å²) in [6.45, 7) is 7.87. The van der Waals surface area contributed by atoms with Crippen molar-refractivity contribution in [3.63, 3.8) is 0 Å². The Morgan fingerprint density at radius 3 is 2.55 bits per heavy atom. The minimum Gasteiger partial charge on any atom is -0.491 e. The van der Waals surface area contributed by atoms with Gasteiger partial charge in [-0.15, -0.1) is 0 Å². The van der Waals surface area contributed by atoms with Gasteiger partial charge in [-0.1, -0.05) is 30.1 Å². The molecule has 1 aromatic rings. The summed E-state index contributed by atoms with van der Waals surface area (Å²) in [5.74, 6) is 0.677. The van der Waals surface area contributed by atoms with Crippen LogP contribution in [0.3, 0.4) is 0 Å². The number of hydrogen-bond acceptors (Lipinski definition) is 4. The van der Waals surface area contributed by atoms with Crippen molar-refractivity contribution in [2.45, 2.75) is 19.4 Å². The van der Waals surface area contributed by atoms with Crippen LogP contribution in [0.4, 0.5) is 0 Å². The molecule has 0 aliphatic carbocycles. The summed E-state index contributed by atoms with van der Waals surface area (Å²) >= 11 is 11.9. The lowest BCUT2D eigenvalue weighted by molar-refractivity contribution is 0.0584. The molecule has 1 saturated heterocycles. The van der Waals surface area contributed by atoms with Gasteiger partial charge in [-0.2, -0.15) is 0 Å². The van der Waals surface area contributed by atoms with Gasteiger partial charge >= 0.3 is 0 Å². The third-order valence-electron chi connectivity index (χ3n) is 4.16. The molecule has 0 amide bonds. The lowest BCUT2D eigenvalue weighted by Crippen LogP contribution is -2.51. The molecular formula is C16H24Cl2N2O2. The second kappa shape index (κ2) is 8.94. The van der Waals surface area contributed by atoms with Gasteiger partial charge in [0, 0.05) is 43.8 Å². The zero-order valence-electron chi connectivity index (χ0n) is 13.0. The van der Waals surface area contributed by atoms with Crippen LogP contribution < -0.4 is 4.74 Å². The first-order valence-corrected chi connectivity index (χ1v) is 8.54. The van der Waals surface area contributed by atoms with Gasteiger partial charge in [0.2, 0.25) is 0 Å². The van der Waals surface area contributed by atoms with Crippen LogP contribution in [-0.2, 0) is 0 Å². The van der Waals surface area contributed by atoms with Crippen LogP contribution in [0.25, 0.3) is 0 Å². The highest BCUT2D eigenvalue weighted by atomic mass is 35.5. The fraction of sp³-hybridized carbons (Fsp3) is 0.625. The molecule has 124 valence electrons. The van der Waals surface area contributed by atoms with Gasteiger partial charge in [-0.3, -0.25) is 9.80 Å². The summed E-state index contributed by atoms with van der Waals surface area (Å²) in [7, 11) is 0. The van der Waals surface area contributed by atoms with E-state index in [0.717, 1.165) is 39.1 Å². The molecule has 4 nitrogen and oxygen atoms in total. The lowest BCUT2D eigenvalue weighted by atomic mass is 10.1. The summed E-state index contributed by atoms with van der Waals surface area (Å²) < 4.78 is 5.73. The van der Waals surface area contributed by atoms with E-state index in [1.165, 1.54) is 0 Å². The highest BCUT2D eigenvalue weighted by Crippen LogP contribution is 2.27. The molecule has 1 aliphatic heterocycles. The van der Waals surface area contributed by atoms with E-state index in [4.69, 9.17) is 27.9 Å². The Morgan fingerprint density at radius 2 is 1.95 bits per heavy atom. The maximum Gasteiger partial charge on any atom is 0.138 e. The van der Waals surface area contributed by atoms with Crippen molar-refractivity contribution in [2.75, 3.05) is 45.9 Å². The summed E-state index contributed by atoms with van der Waals surface area (Å²) in [6.07, 6.45) is 0.995. The van der Waals surface area contributed by atoms with E-state index >= 15 is 0 Å². The number of nitrogens with zero attached hydrogens (tertiary/aromatic N) is 2. The molecule has 1 aromatic carbocycles. The van der Waals surface area contributed by atoms with Crippen LogP contribution in [0.5, 0.6) is 5.75 Å². The Hall–Kier alpha value is -0.520. The minimum atomic E-state index is 0.245. The van der Waals surface area contributed by atoms with Crippen LogP contribution in [0, 0.1) is 0 Å². The number of piperazine rings is 1. The van der Waals surface area contributed by atoms with Gasteiger partial charge in [0.25, 0.3) is 0 Å². The van der Waals surface area contributed by atoms with Crippen molar-refractivity contribution in [3.05, 3.63) is 28.2 Å². The molecule has 0 aromatic heterocycles. The van der Waals surface area contributed by atoms with Gasteiger partial charge in [0.15, 0.2) is 0 Å². The summed E-state index contributed by atoms with van der Waals surface area (Å²) in [5, 5.41) is 10.5. The predicted octanol–water partition coefficient (Wildman–Crippen LogP) is 2.76. The molecule has 2 rings (SSSR count). The fourth-order valence-electron chi connectivity index (χ4n) is 2.73. The first-order chi connectivity index (χ1) is 10.6. The summed E-state index contributed by atoms with van der Waals surface area (Å²) in [4.78, 5) is 4.75. The molecule has 0 spiro atoms. The molecule has 0 saturated carbocycles. The molecule has 1 unspecified atom stereocenters. The number of benzene rings is 1. The second-order valence-corrected chi connectivity index (χ2v) is 6.39. The predicted molar refractivity (Wildman–Crippen MR) is 91.1 cm³/mol. The number of ether oxygens (including phenoxy) is 1. The largest absolute Gasteiger partial charge is 0.491 e. The van der Waals surface area contributed by atoms with Crippen molar-refractivity contribution >= 4 is 23.2 Å². The average Bonchev–Trinajstić information content (AvgIpc) is 2.52. The van der Waals surface area contributed by atoms with Gasteiger partial charge in [0.1, 0.15) is 12.4 Å². The smallest absolute Gasteiger partial charge is 0.138 e. The SMILES string of the molecule is CCC(CO)N1CCN(CCOc2ccc(Cl)cc2Cl)CC1. The van der Waals surface area contributed by atoms with Crippen molar-refractivity contribution in [1.82, 2.24) is 9.80 Å². The molecule has 0 radical (unpaired) electrons. The molecule has 0 bridgehead atoms. The molecule has 6 heteroatoms. The first kappa shape index (κ1) is 17.8. The second-order valence-electron chi connectivity index (χ2n) is 5.55. The third-order valence-corrected chi connectivity index (χ3v) is 4.69. The van der Waals surface area contributed by atoms with Gasteiger partial charge < -0.3 is 9.84 Å². The Bertz CT molecular complexity index is 461. The van der Waals surface area contributed by atoms with E-state index in [2.05, 4.69) is 16.7 Å². The molecule has 22 heavy (non-hydrogen) atoms. The number of aliphatic hydroxyl groups excluding tert-OH is 1. The van der Waals surface area contributed by atoms with E-state index in [-0.39, 0.29) is 6.61 Å². The molecule has 1 atom stereocenters. The fourth-order valence-corrected chi connectivity index (χ4v) is 3.19. The van der Waals surface area contributed by atoms with Crippen molar-refractivity contribution in [2.24, 2.45) is 0 Å². The molecule has 1 N–H and O–H groups in total. The van der Waals surface area contributed by atoms with Gasteiger partial charge in [-0.25, -0.2) is 0 Å². The molecule has 1 fully saturated rings. The van der Waals surface area contributed by atoms with Crippen molar-refractivity contribution in [1.29, 1.82) is 0 Å². The Labute approximate surface area is 142 Å². The number of rotatable bonds is 7. The Morgan fingerprint density at radius 1 is 1.23 bits per heavy atom. The van der Waals surface area contributed by atoms with Crippen molar-refractivity contribution < 1.29 is 9.84 Å². The average molecular weight is 347 g/mol. The van der Waals surface area contributed by atoms with Crippen LogP contribution >= 0.6 is 23.2 Å². The van der Waals surface area contributed by atoms with Crippen LogP contribution in [0.2, 0.25) is 10.0 Å². The standard InChI is InChI=1S/C16H24Cl2N2O2/c1-2-14(12-21)20-7-5-19(6-8-20)9-10-22-16-4-3-13(17)11-15(16)18/h3-4,11,14,21H,2,5-10,12H2,1H3. The first-order valence-electron chi connectivity index (χ1n) is 7.79. The molecule has 1 aliphatic rings. The Balaban J connectivity index is 1.71. The van der Waals surface area contributed by atoms with E-state index in [1.807, 2.05) is 0 Å². The molecular weight excluding hydrogens is 323 g/mol. The van der Waals surface area contributed by atoms with Crippen molar-refractivity contribution in [3.8, 4) is 5.75 Å². The zero-order valence-corrected chi connectivity index (χ0v) is 14.5. The third kappa shape index (κ3) is 5.00. The van der Waals surface area contributed by atoms with Gasteiger partial charge in [0.05, 0.1) is 11.6 Å². The maximum absolute atomic E-state index is 9.36. The van der Waals surface area contributed by atoms with Crippen LogP contribution in [-0.4, -0.2) is 66.9 Å². The van der Waals surface area contributed by atoms with E-state index in [0.29, 0.717) is 28.4 Å². The van der Waals surface area contributed by atoms with E-state index in [9.17, 15) is 5.11 Å².